The van der Waals surface area contributed by atoms with E-state index in [9.17, 15) is 14.9 Å². The summed E-state index contributed by atoms with van der Waals surface area (Å²) < 4.78 is 5.53. The molecular weight excluding hydrogens is 484 g/mol. The fourth-order valence-corrected chi connectivity index (χ4v) is 6.55. The van der Waals surface area contributed by atoms with Gasteiger partial charge in [-0.15, -0.1) is 11.3 Å². The monoisotopic (exact) mass is 508 g/mol. The van der Waals surface area contributed by atoms with Crippen molar-refractivity contribution in [1.29, 1.82) is 5.26 Å². The Labute approximate surface area is 218 Å². The number of hydrogen-bond donors (Lipinski definition) is 1. The maximum absolute atomic E-state index is 13.3. The van der Waals surface area contributed by atoms with E-state index in [2.05, 4.69) is 28.4 Å². The summed E-state index contributed by atoms with van der Waals surface area (Å²) in [5.41, 5.74) is 6.78. The second-order valence-corrected chi connectivity index (χ2v) is 10.4. The molecule has 0 spiro atoms. The van der Waals surface area contributed by atoms with E-state index in [-0.39, 0.29) is 0 Å². The molecule has 184 valence electrons. The van der Waals surface area contributed by atoms with Gasteiger partial charge in [0.25, 0.3) is 5.91 Å². The van der Waals surface area contributed by atoms with Gasteiger partial charge in [-0.1, -0.05) is 42.5 Å². The van der Waals surface area contributed by atoms with Crippen molar-refractivity contribution in [3.05, 3.63) is 82.0 Å². The average molecular weight is 509 g/mol. The number of carbonyl (C=O) groups excluding carboxylic acids is 2. The van der Waals surface area contributed by atoms with Gasteiger partial charge in [0.1, 0.15) is 11.1 Å². The average Bonchev–Trinajstić information content (AvgIpc) is 3.27. The molecule has 1 aliphatic heterocycles. The first kappa shape index (κ1) is 23.3. The van der Waals surface area contributed by atoms with Crippen molar-refractivity contribution in [2.45, 2.75) is 25.8 Å². The Morgan fingerprint density at radius 2 is 1.92 bits per heavy atom. The number of carbonyl (C=O) groups is 2. The van der Waals surface area contributed by atoms with Gasteiger partial charge in [-0.25, -0.2) is 4.79 Å². The fraction of sp³-hybridized carbons (Fsp3) is 0.241. The van der Waals surface area contributed by atoms with E-state index < -0.39 is 18.5 Å². The van der Waals surface area contributed by atoms with Crippen LogP contribution in [-0.2, 0) is 35.3 Å². The van der Waals surface area contributed by atoms with Crippen LogP contribution in [0.25, 0.3) is 21.3 Å². The maximum atomic E-state index is 13.3. The SMILES string of the molecule is CN1CCc2nc3ccccc3c(C(=O)OCC(=O)Nc3sc4c(c3C#N)CCc3ccccc3-4)c2C1. The largest absolute Gasteiger partial charge is 0.452 e. The van der Waals surface area contributed by atoms with Crippen LogP contribution < -0.4 is 5.32 Å². The Morgan fingerprint density at radius 1 is 1.11 bits per heavy atom. The molecule has 1 N–H and O–H groups in total. The summed E-state index contributed by atoms with van der Waals surface area (Å²) in [6, 6.07) is 17.9. The number of pyridine rings is 1. The molecule has 0 saturated heterocycles. The molecule has 2 aliphatic rings. The number of thiophene rings is 1. The molecule has 3 heterocycles. The van der Waals surface area contributed by atoms with Crippen molar-refractivity contribution in [2.75, 3.05) is 25.5 Å². The lowest BCUT2D eigenvalue weighted by Gasteiger charge is -2.26. The number of nitrogens with zero attached hydrogens (tertiary/aromatic N) is 3. The van der Waals surface area contributed by atoms with E-state index in [0.717, 1.165) is 64.0 Å². The molecule has 0 saturated carbocycles. The van der Waals surface area contributed by atoms with Gasteiger partial charge in [-0.05, 0) is 42.6 Å². The highest BCUT2D eigenvalue weighted by Gasteiger charge is 2.27. The van der Waals surface area contributed by atoms with Crippen molar-refractivity contribution >= 4 is 39.1 Å². The van der Waals surface area contributed by atoms with Gasteiger partial charge in [0.05, 0.1) is 16.6 Å². The highest BCUT2D eigenvalue weighted by atomic mass is 32.1. The molecule has 0 fully saturated rings. The lowest BCUT2D eigenvalue weighted by molar-refractivity contribution is -0.119. The number of rotatable bonds is 4. The second-order valence-electron chi connectivity index (χ2n) is 9.42. The minimum absolute atomic E-state index is 0.440. The number of para-hydroxylation sites is 1. The first-order valence-corrected chi connectivity index (χ1v) is 13.0. The highest BCUT2D eigenvalue weighted by Crippen LogP contribution is 2.44. The molecule has 0 radical (unpaired) electrons. The molecule has 1 aliphatic carbocycles. The van der Waals surface area contributed by atoms with Crippen LogP contribution in [0.15, 0.2) is 48.5 Å². The van der Waals surface area contributed by atoms with E-state index in [1.165, 1.54) is 16.9 Å². The summed E-state index contributed by atoms with van der Waals surface area (Å²) in [5.74, 6) is -1.01. The topological polar surface area (TPSA) is 95.3 Å². The number of anilines is 1. The molecular formula is C29H24N4O3S. The zero-order valence-electron chi connectivity index (χ0n) is 20.3. The van der Waals surface area contributed by atoms with Crippen LogP contribution in [0.2, 0.25) is 0 Å². The summed E-state index contributed by atoms with van der Waals surface area (Å²) >= 11 is 1.40. The molecule has 2 aromatic carbocycles. The lowest BCUT2D eigenvalue weighted by atomic mass is 9.90. The quantitative estimate of drug-likeness (QED) is 0.401. The standard InChI is InChI=1S/C29H24N4O3S/c1-33-13-12-24-22(15-33)26(20-8-4-5-9-23(20)31-24)29(35)36-16-25(34)32-28-21(14-30)19-11-10-17-6-2-3-7-18(17)27(19)37-28/h2-9H,10-13,15-16H2,1H3,(H,32,34). The lowest BCUT2D eigenvalue weighted by Crippen LogP contribution is -2.30. The third-order valence-corrected chi connectivity index (χ3v) is 8.23. The van der Waals surface area contributed by atoms with Crippen LogP contribution in [0.3, 0.4) is 0 Å². The van der Waals surface area contributed by atoms with Crippen LogP contribution in [0.5, 0.6) is 0 Å². The van der Waals surface area contributed by atoms with E-state index in [4.69, 9.17) is 9.72 Å². The smallest absolute Gasteiger partial charge is 0.339 e. The van der Waals surface area contributed by atoms with Crippen LogP contribution in [-0.4, -0.2) is 42.0 Å². The van der Waals surface area contributed by atoms with E-state index >= 15 is 0 Å². The molecule has 7 nitrogen and oxygen atoms in total. The minimum Gasteiger partial charge on any atom is -0.452 e. The summed E-state index contributed by atoms with van der Waals surface area (Å²) in [5, 5.41) is 13.9. The first-order valence-electron chi connectivity index (χ1n) is 12.2. The maximum Gasteiger partial charge on any atom is 0.339 e. The van der Waals surface area contributed by atoms with Crippen molar-refractivity contribution in [1.82, 2.24) is 9.88 Å². The Kier molecular flexibility index (Phi) is 5.95. The van der Waals surface area contributed by atoms with Crippen molar-refractivity contribution in [3.8, 4) is 16.5 Å². The first-order chi connectivity index (χ1) is 18.0. The van der Waals surface area contributed by atoms with Crippen molar-refractivity contribution in [2.24, 2.45) is 0 Å². The number of ether oxygens (including phenoxy) is 1. The van der Waals surface area contributed by atoms with Crippen LogP contribution >= 0.6 is 11.3 Å². The molecule has 4 aromatic rings. The van der Waals surface area contributed by atoms with Gasteiger partial charge in [0.15, 0.2) is 6.61 Å². The number of benzene rings is 2. The van der Waals surface area contributed by atoms with E-state index in [1.54, 1.807) is 0 Å². The van der Waals surface area contributed by atoms with Gasteiger partial charge in [0.2, 0.25) is 0 Å². The number of fused-ring (bicyclic) bond motifs is 5. The minimum atomic E-state index is -0.541. The van der Waals surface area contributed by atoms with Crippen molar-refractivity contribution < 1.29 is 14.3 Å². The zero-order chi connectivity index (χ0) is 25.5. The number of likely N-dealkylation sites (N-methyl/N-ethyl adjacent to an activating group) is 1. The van der Waals surface area contributed by atoms with Gasteiger partial charge in [-0.3, -0.25) is 9.78 Å². The van der Waals surface area contributed by atoms with Crippen LogP contribution in [0.1, 0.15) is 38.3 Å². The molecule has 8 heteroatoms. The molecule has 0 atom stereocenters. The molecule has 0 bridgehead atoms. The Bertz CT molecular complexity index is 1620. The Morgan fingerprint density at radius 3 is 2.78 bits per heavy atom. The molecule has 37 heavy (non-hydrogen) atoms. The predicted octanol–water partition coefficient (Wildman–Crippen LogP) is 4.72. The highest BCUT2D eigenvalue weighted by molar-refractivity contribution is 7.20. The second kappa shape index (κ2) is 9.43. The third-order valence-electron chi connectivity index (χ3n) is 7.05. The Balaban J connectivity index is 1.24. The van der Waals surface area contributed by atoms with Gasteiger partial charge in [0, 0.05) is 41.0 Å². The molecule has 1 amide bonds. The molecule has 0 unspecified atom stereocenters. The normalized spacial score (nSPS) is 14.3. The summed E-state index contributed by atoms with van der Waals surface area (Å²) in [6.07, 6.45) is 2.37. The predicted molar refractivity (Wildman–Crippen MR) is 143 cm³/mol. The number of aromatic nitrogens is 1. The number of amides is 1. The zero-order valence-corrected chi connectivity index (χ0v) is 21.2. The molecule has 2 aromatic heterocycles. The Hall–Kier alpha value is -4.06. The number of aryl methyl sites for hydroxylation is 1. The van der Waals surface area contributed by atoms with Crippen LogP contribution in [0, 0.1) is 11.3 Å². The fourth-order valence-electron chi connectivity index (χ4n) is 5.27. The number of hydrogen-bond acceptors (Lipinski definition) is 7. The van der Waals surface area contributed by atoms with Crippen molar-refractivity contribution in [3.63, 3.8) is 0 Å². The van der Waals surface area contributed by atoms with Crippen LogP contribution in [0.4, 0.5) is 5.00 Å². The number of esters is 1. The van der Waals surface area contributed by atoms with Gasteiger partial charge in [-0.2, -0.15) is 5.26 Å². The summed E-state index contributed by atoms with van der Waals surface area (Å²) in [6.45, 7) is 1.02. The third kappa shape index (κ3) is 4.16. The number of nitrogens with one attached hydrogen (secondary N) is 1. The summed E-state index contributed by atoms with van der Waals surface area (Å²) in [7, 11) is 2.01. The number of nitriles is 1. The van der Waals surface area contributed by atoms with E-state index in [0.29, 0.717) is 22.7 Å². The molecule has 6 rings (SSSR count). The summed E-state index contributed by atoms with van der Waals surface area (Å²) in [4.78, 5) is 34.1. The van der Waals surface area contributed by atoms with E-state index in [1.807, 2.05) is 43.4 Å². The van der Waals surface area contributed by atoms with Gasteiger partial charge < -0.3 is 15.0 Å². The van der Waals surface area contributed by atoms with Gasteiger partial charge >= 0.3 is 5.97 Å².